The fourth-order valence-electron chi connectivity index (χ4n) is 4.28. The molecule has 0 heterocycles. The zero-order valence-electron chi connectivity index (χ0n) is 21.0. The molecule has 0 saturated carbocycles. The third-order valence-electron chi connectivity index (χ3n) is 6.20. The third kappa shape index (κ3) is 6.20. The Morgan fingerprint density at radius 3 is 1.63 bits per heavy atom. The Hall–Kier alpha value is -3.35. The molecule has 0 aliphatic carbocycles. The molecule has 196 valence electrons. The van der Waals surface area contributed by atoms with Crippen LogP contribution < -0.4 is 15.9 Å². The largest absolute Gasteiger partial charge is 0.457 e. The minimum absolute atomic E-state index is 0.0212. The van der Waals surface area contributed by atoms with Crippen molar-refractivity contribution in [2.75, 3.05) is 19.4 Å². The average Bonchev–Trinajstić information content (AvgIpc) is 2.96. The average molecular weight is 550 g/mol. The van der Waals surface area contributed by atoms with Crippen LogP contribution in [0.2, 0.25) is 0 Å². The number of carbonyl (C=O) groups excluding carboxylic acids is 1. The number of hydrogen-bond donors (Lipinski definition) is 1. The number of rotatable bonds is 11. The molecular formula is C30H30O6PS+. The van der Waals surface area contributed by atoms with Gasteiger partial charge < -0.3 is 9.84 Å². The molecule has 0 aliphatic heterocycles. The van der Waals surface area contributed by atoms with Crippen LogP contribution in [0.5, 0.6) is 0 Å². The molecule has 0 amide bonds. The van der Waals surface area contributed by atoms with Crippen LogP contribution in [0.15, 0.2) is 120 Å². The Morgan fingerprint density at radius 2 is 1.21 bits per heavy atom. The number of aliphatic hydroxyl groups excluding tert-OH is 1. The van der Waals surface area contributed by atoms with Crippen LogP contribution in [-0.4, -0.2) is 45.0 Å². The van der Waals surface area contributed by atoms with E-state index < -0.39 is 29.5 Å². The molecule has 4 aromatic carbocycles. The van der Waals surface area contributed by atoms with E-state index in [4.69, 9.17) is 14.0 Å². The molecule has 0 aliphatic rings. The lowest BCUT2D eigenvalue weighted by Crippen LogP contribution is -2.35. The van der Waals surface area contributed by atoms with Gasteiger partial charge >= 0.3 is 5.97 Å². The van der Waals surface area contributed by atoms with Crippen LogP contribution in [0, 0.1) is 0 Å². The summed E-state index contributed by atoms with van der Waals surface area (Å²) in [5.74, 6) is -0.639. The molecule has 38 heavy (non-hydrogen) atoms. The fourth-order valence-corrected chi connectivity index (χ4v) is 9.39. The topological polar surface area (TPSA) is 89.9 Å². The molecule has 0 aromatic heterocycles. The van der Waals surface area contributed by atoms with E-state index in [0.717, 1.165) is 15.9 Å². The van der Waals surface area contributed by atoms with E-state index in [0.29, 0.717) is 6.16 Å². The van der Waals surface area contributed by atoms with Crippen LogP contribution in [-0.2, 0) is 19.0 Å². The number of hydrogen-bond acceptors (Lipinski definition) is 6. The Bertz CT molecular complexity index is 1330. The van der Waals surface area contributed by atoms with Crippen molar-refractivity contribution in [3.05, 3.63) is 121 Å². The summed E-state index contributed by atoms with van der Waals surface area (Å²) in [7, 11) is -6.31. The van der Waals surface area contributed by atoms with E-state index in [1.807, 2.05) is 54.6 Å². The van der Waals surface area contributed by atoms with Gasteiger partial charge in [0.2, 0.25) is 0 Å². The van der Waals surface area contributed by atoms with Gasteiger partial charge in [0.05, 0.1) is 23.2 Å². The summed E-state index contributed by atoms with van der Waals surface area (Å²) < 4.78 is 36.8. The van der Waals surface area contributed by atoms with Gasteiger partial charge in [0.15, 0.2) is 0 Å². The zero-order chi connectivity index (χ0) is 27.0. The molecular weight excluding hydrogens is 519 g/mol. The number of aliphatic hydroxyl groups is 1. The Morgan fingerprint density at radius 1 is 0.763 bits per heavy atom. The van der Waals surface area contributed by atoms with Gasteiger partial charge in [-0.1, -0.05) is 54.6 Å². The summed E-state index contributed by atoms with van der Waals surface area (Å²) >= 11 is 0. The second-order valence-corrected chi connectivity index (χ2v) is 14.0. The number of esters is 1. The quantitative estimate of drug-likeness (QED) is 0.173. The van der Waals surface area contributed by atoms with E-state index >= 15 is 0 Å². The second kappa shape index (κ2) is 12.5. The van der Waals surface area contributed by atoms with Gasteiger partial charge in [0.1, 0.15) is 35.9 Å². The smallest absolute Gasteiger partial charge is 0.338 e. The molecule has 1 unspecified atom stereocenters. The molecule has 8 heteroatoms. The summed E-state index contributed by atoms with van der Waals surface area (Å²) in [6.07, 6.45) is -0.176. The van der Waals surface area contributed by atoms with Gasteiger partial charge in [0, 0.05) is 0 Å². The maximum Gasteiger partial charge on any atom is 0.338 e. The van der Waals surface area contributed by atoms with Crippen LogP contribution in [0.4, 0.5) is 0 Å². The van der Waals surface area contributed by atoms with Gasteiger partial charge in [-0.15, -0.1) is 0 Å². The normalized spacial score (nSPS) is 12.6. The number of carbonyl (C=O) groups is 1. The molecule has 0 radical (unpaired) electrons. The lowest BCUT2D eigenvalue weighted by atomic mass is 10.2. The SMILES string of the molecule is CC(CO)OC(=O)c1ccc(S(=O)(=O)OCC[P+](c2ccccc2)(c2ccccc2)c2ccccc2)cc1. The van der Waals surface area contributed by atoms with Crippen molar-refractivity contribution >= 4 is 39.3 Å². The second-order valence-electron chi connectivity index (χ2n) is 8.74. The van der Waals surface area contributed by atoms with Gasteiger partial charge in [-0.3, -0.25) is 4.18 Å². The van der Waals surface area contributed by atoms with Crippen molar-refractivity contribution in [3.63, 3.8) is 0 Å². The molecule has 1 atom stereocenters. The fraction of sp³-hybridized carbons (Fsp3) is 0.167. The first-order chi connectivity index (χ1) is 18.4. The number of benzene rings is 4. The molecule has 4 rings (SSSR count). The molecule has 0 bridgehead atoms. The van der Waals surface area contributed by atoms with Gasteiger partial charge in [-0.05, 0) is 67.6 Å². The first kappa shape index (κ1) is 27.7. The first-order valence-electron chi connectivity index (χ1n) is 12.2. The minimum atomic E-state index is -4.07. The predicted octanol–water partition coefficient (Wildman–Crippen LogP) is 3.92. The highest BCUT2D eigenvalue weighted by Crippen LogP contribution is 2.55. The monoisotopic (exact) mass is 549 g/mol. The molecule has 6 nitrogen and oxygen atoms in total. The molecule has 1 N–H and O–H groups in total. The van der Waals surface area contributed by atoms with Gasteiger partial charge in [0.25, 0.3) is 10.1 Å². The van der Waals surface area contributed by atoms with Crippen LogP contribution in [0.1, 0.15) is 17.3 Å². The summed E-state index contributed by atoms with van der Waals surface area (Å²) in [5.41, 5.74) is 0.187. The van der Waals surface area contributed by atoms with Crippen molar-refractivity contribution in [1.82, 2.24) is 0 Å². The number of ether oxygens (including phenoxy) is 1. The summed E-state index contributed by atoms with van der Waals surface area (Å²) in [4.78, 5) is 12.1. The third-order valence-corrected chi connectivity index (χ3v) is 11.9. The summed E-state index contributed by atoms with van der Waals surface area (Å²) in [5, 5.41) is 12.5. The van der Waals surface area contributed by atoms with E-state index in [1.165, 1.54) is 24.3 Å². The van der Waals surface area contributed by atoms with E-state index in [1.54, 1.807) is 6.92 Å². The van der Waals surface area contributed by atoms with Crippen LogP contribution in [0.25, 0.3) is 0 Å². The Balaban J connectivity index is 1.61. The Kier molecular flexibility index (Phi) is 9.08. The highest BCUT2D eigenvalue weighted by Gasteiger charge is 2.45. The van der Waals surface area contributed by atoms with Crippen molar-refractivity contribution < 1.29 is 27.2 Å². The van der Waals surface area contributed by atoms with Crippen molar-refractivity contribution in [2.24, 2.45) is 0 Å². The Labute approximate surface area is 224 Å². The van der Waals surface area contributed by atoms with Crippen LogP contribution in [0.3, 0.4) is 0 Å². The molecule has 0 saturated heterocycles. The highest BCUT2D eigenvalue weighted by molar-refractivity contribution is 7.95. The minimum Gasteiger partial charge on any atom is -0.457 e. The highest BCUT2D eigenvalue weighted by atomic mass is 32.2. The van der Waals surface area contributed by atoms with Crippen molar-refractivity contribution in [3.8, 4) is 0 Å². The molecule has 0 spiro atoms. The summed E-state index contributed by atoms with van der Waals surface area (Å²) in [6, 6.07) is 35.9. The maximum absolute atomic E-state index is 13.1. The first-order valence-corrected chi connectivity index (χ1v) is 15.6. The lowest BCUT2D eigenvalue weighted by Gasteiger charge is -2.27. The van der Waals surface area contributed by atoms with E-state index in [2.05, 4.69) is 36.4 Å². The lowest BCUT2D eigenvalue weighted by molar-refractivity contribution is 0.0196. The predicted molar refractivity (Wildman–Crippen MR) is 152 cm³/mol. The van der Waals surface area contributed by atoms with E-state index in [9.17, 15) is 13.2 Å². The van der Waals surface area contributed by atoms with Gasteiger partial charge in [-0.2, -0.15) is 8.42 Å². The van der Waals surface area contributed by atoms with Crippen LogP contribution >= 0.6 is 7.26 Å². The zero-order valence-corrected chi connectivity index (χ0v) is 22.7. The van der Waals surface area contributed by atoms with Gasteiger partial charge in [-0.25, -0.2) is 4.79 Å². The van der Waals surface area contributed by atoms with E-state index in [-0.39, 0.29) is 23.7 Å². The standard InChI is InChI=1S/C30H30O6PS/c1-24(23-31)36-30(32)25-17-19-29(20-18-25)38(33,34)35-21-22-37(26-11-5-2-6-12-26,27-13-7-3-8-14-27)28-15-9-4-10-16-28/h2-20,24,31H,21-23H2,1H3/q+1. The molecule has 0 fully saturated rings. The maximum atomic E-state index is 13.1. The van der Waals surface area contributed by atoms with Crippen molar-refractivity contribution in [1.29, 1.82) is 0 Å². The molecule has 4 aromatic rings. The van der Waals surface area contributed by atoms with Crippen molar-refractivity contribution in [2.45, 2.75) is 17.9 Å². The summed E-state index contributed by atoms with van der Waals surface area (Å²) in [6.45, 7) is 1.24.